The van der Waals surface area contributed by atoms with E-state index in [0.717, 1.165) is 22.3 Å². The first-order valence-corrected chi connectivity index (χ1v) is 10.5. The molecule has 0 radical (unpaired) electrons. The zero-order valence-corrected chi connectivity index (χ0v) is 15.4. The molecule has 0 unspecified atom stereocenters. The van der Waals surface area contributed by atoms with E-state index in [-0.39, 0.29) is 0 Å². The minimum Gasteiger partial charge on any atom is -0.497 e. The van der Waals surface area contributed by atoms with Crippen LogP contribution < -0.4 is 4.74 Å². The Bertz CT molecular complexity index is 599. The van der Waals surface area contributed by atoms with E-state index in [4.69, 9.17) is 16.3 Å². The average molecular weight is 369 g/mol. The third-order valence-electron chi connectivity index (χ3n) is 2.75. The molecular formula is C17H17ClOS3. The van der Waals surface area contributed by atoms with Crippen molar-refractivity contribution in [3.63, 3.8) is 0 Å². The highest BCUT2D eigenvalue weighted by Crippen LogP contribution is 2.28. The minimum atomic E-state index is 0.788. The Hall–Kier alpha value is -0.680. The second-order valence-electron chi connectivity index (χ2n) is 4.35. The van der Waals surface area contributed by atoms with E-state index in [2.05, 4.69) is 35.7 Å². The monoisotopic (exact) mass is 368 g/mol. The molecule has 0 N–H and O–H groups in total. The Balaban J connectivity index is 1.62. The molecule has 0 spiro atoms. The van der Waals surface area contributed by atoms with Crippen LogP contribution in [0.5, 0.6) is 5.75 Å². The number of hydrogen-bond acceptors (Lipinski definition) is 4. The summed E-state index contributed by atoms with van der Waals surface area (Å²) in [6.45, 7) is 0. The molecule has 0 aliphatic carbocycles. The van der Waals surface area contributed by atoms with E-state index >= 15 is 0 Å². The average Bonchev–Trinajstić information content (AvgIpc) is 2.56. The molecule has 116 valence electrons. The van der Waals surface area contributed by atoms with Crippen LogP contribution in [0.3, 0.4) is 0 Å². The maximum absolute atomic E-state index is 5.87. The highest BCUT2D eigenvalue weighted by atomic mass is 35.5. The van der Waals surface area contributed by atoms with Crippen LogP contribution in [0.1, 0.15) is 5.56 Å². The third kappa shape index (κ3) is 6.61. The largest absolute Gasteiger partial charge is 0.497 e. The summed E-state index contributed by atoms with van der Waals surface area (Å²) in [5, 5.41) is 2.93. The first-order valence-electron chi connectivity index (χ1n) is 6.72. The van der Waals surface area contributed by atoms with Crippen molar-refractivity contribution in [1.82, 2.24) is 0 Å². The standard InChI is InChI=1S/C17H17ClOS3/c1-19-16-4-2-5-17(12-16)20-10-3-11-21-22-13-14-6-8-15(18)9-7-14/h2-9,11-12H,10,13H2,1H3/b11-3+. The van der Waals surface area contributed by atoms with Crippen molar-refractivity contribution in [2.45, 2.75) is 10.6 Å². The smallest absolute Gasteiger partial charge is 0.119 e. The van der Waals surface area contributed by atoms with Crippen molar-refractivity contribution in [1.29, 1.82) is 0 Å². The fourth-order valence-electron chi connectivity index (χ4n) is 1.64. The van der Waals surface area contributed by atoms with Crippen molar-refractivity contribution >= 4 is 45.0 Å². The molecular weight excluding hydrogens is 352 g/mol. The zero-order valence-electron chi connectivity index (χ0n) is 12.2. The summed E-state index contributed by atoms with van der Waals surface area (Å²) in [7, 11) is 5.27. The molecule has 0 aliphatic heterocycles. The van der Waals surface area contributed by atoms with Gasteiger partial charge in [-0.3, -0.25) is 0 Å². The Labute approximate surface area is 149 Å². The molecule has 2 aromatic rings. The molecule has 22 heavy (non-hydrogen) atoms. The Morgan fingerprint density at radius 2 is 1.95 bits per heavy atom. The fraction of sp³-hybridized carbons (Fsp3) is 0.176. The molecule has 0 saturated carbocycles. The molecule has 0 aliphatic rings. The molecule has 0 amide bonds. The summed E-state index contributed by atoms with van der Waals surface area (Å²) in [6.07, 6.45) is 2.18. The lowest BCUT2D eigenvalue weighted by Crippen LogP contribution is -1.82. The second kappa shape index (κ2) is 10.2. The van der Waals surface area contributed by atoms with Gasteiger partial charge < -0.3 is 4.74 Å². The Morgan fingerprint density at radius 3 is 2.73 bits per heavy atom. The van der Waals surface area contributed by atoms with Crippen LogP contribution in [0.4, 0.5) is 0 Å². The predicted octanol–water partition coefficient (Wildman–Crippen LogP) is 6.54. The summed E-state index contributed by atoms with van der Waals surface area (Å²) in [5.41, 5.74) is 1.29. The molecule has 2 aromatic carbocycles. The Morgan fingerprint density at radius 1 is 1.14 bits per heavy atom. The van der Waals surface area contributed by atoms with Crippen molar-refractivity contribution in [3.05, 3.63) is 70.6 Å². The topological polar surface area (TPSA) is 9.23 Å². The van der Waals surface area contributed by atoms with E-state index in [1.807, 2.05) is 35.1 Å². The third-order valence-corrected chi connectivity index (χ3v) is 5.93. The van der Waals surface area contributed by atoms with Crippen LogP contribution in [0.2, 0.25) is 5.02 Å². The number of methoxy groups -OCH3 is 1. The van der Waals surface area contributed by atoms with Crippen molar-refractivity contribution in [2.75, 3.05) is 12.9 Å². The molecule has 0 aromatic heterocycles. The molecule has 0 saturated heterocycles. The van der Waals surface area contributed by atoms with Gasteiger partial charge in [0.2, 0.25) is 0 Å². The predicted molar refractivity (Wildman–Crippen MR) is 103 cm³/mol. The summed E-state index contributed by atoms with van der Waals surface area (Å²) in [4.78, 5) is 1.22. The molecule has 0 atom stereocenters. The SMILES string of the molecule is COc1cccc(SC/C=C/SSCc2ccc(Cl)cc2)c1. The van der Waals surface area contributed by atoms with Crippen LogP contribution in [0, 0.1) is 0 Å². The van der Waals surface area contributed by atoms with Gasteiger partial charge in [0.25, 0.3) is 0 Å². The summed E-state index contributed by atoms with van der Waals surface area (Å²) < 4.78 is 5.22. The number of hydrogen-bond donors (Lipinski definition) is 0. The number of halogens is 1. The van der Waals surface area contributed by atoms with Crippen LogP contribution in [0.15, 0.2) is 64.9 Å². The molecule has 2 rings (SSSR count). The van der Waals surface area contributed by atoms with Gasteiger partial charge in [0.05, 0.1) is 7.11 Å². The van der Waals surface area contributed by atoms with Crippen LogP contribution in [0.25, 0.3) is 0 Å². The fourth-order valence-corrected chi connectivity index (χ4v) is 4.38. The van der Waals surface area contributed by atoms with Crippen LogP contribution in [-0.2, 0) is 5.75 Å². The molecule has 0 fully saturated rings. The first-order chi connectivity index (χ1) is 10.8. The normalized spacial score (nSPS) is 11.0. The highest BCUT2D eigenvalue weighted by molar-refractivity contribution is 8.77. The van der Waals surface area contributed by atoms with Gasteiger partial charge in [0.1, 0.15) is 5.75 Å². The number of rotatable bonds is 8. The van der Waals surface area contributed by atoms with Gasteiger partial charge in [-0.05, 0) is 41.3 Å². The van der Waals surface area contributed by atoms with Gasteiger partial charge >= 0.3 is 0 Å². The lowest BCUT2D eigenvalue weighted by molar-refractivity contribution is 0.413. The van der Waals surface area contributed by atoms with Crippen LogP contribution >= 0.6 is 45.0 Å². The number of benzene rings is 2. The summed E-state index contributed by atoms with van der Waals surface area (Å²) in [6, 6.07) is 16.1. The van der Waals surface area contributed by atoms with Gasteiger partial charge in [-0.25, -0.2) is 0 Å². The van der Waals surface area contributed by atoms with E-state index < -0.39 is 0 Å². The number of ether oxygens (including phenoxy) is 1. The van der Waals surface area contributed by atoms with E-state index in [1.54, 1.807) is 29.7 Å². The van der Waals surface area contributed by atoms with E-state index in [9.17, 15) is 0 Å². The van der Waals surface area contributed by atoms with Gasteiger partial charge in [0.15, 0.2) is 0 Å². The minimum absolute atomic E-state index is 0.788. The van der Waals surface area contributed by atoms with Gasteiger partial charge in [-0.1, -0.05) is 57.5 Å². The quantitative estimate of drug-likeness (QED) is 0.297. The maximum atomic E-state index is 5.87. The molecule has 0 heterocycles. The van der Waals surface area contributed by atoms with E-state index in [0.29, 0.717) is 0 Å². The van der Waals surface area contributed by atoms with Crippen molar-refractivity contribution in [3.8, 4) is 5.75 Å². The van der Waals surface area contributed by atoms with E-state index in [1.165, 1.54) is 10.5 Å². The van der Waals surface area contributed by atoms with Crippen molar-refractivity contribution in [2.24, 2.45) is 0 Å². The highest BCUT2D eigenvalue weighted by Gasteiger charge is 1.95. The maximum Gasteiger partial charge on any atom is 0.119 e. The van der Waals surface area contributed by atoms with Gasteiger partial charge in [0, 0.05) is 21.4 Å². The van der Waals surface area contributed by atoms with Crippen molar-refractivity contribution < 1.29 is 4.74 Å². The lowest BCUT2D eigenvalue weighted by atomic mass is 10.2. The molecule has 5 heteroatoms. The molecule has 0 bridgehead atoms. The summed E-state index contributed by atoms with van der Waals surface area (Å²) >= 11 is 7.67. The first kappa shape index (κ1) is 17.7. The lowest BCUT2D eigenvalue weighted by Gasteiger charge is -2.02. The van der Waals surface area contributed by atoms with Gasteiger partial charge in [-0.15, -0.1) is 11.8 Å². The molecule has 1 nitrogen and oxygen atoms in total. The summed E-state index contributed by atoms with van der Waals surface area (Å²) in [5.74, 6) is 2.85. The zero-order chi connectivity index (χ0) is 15.6. The van der Waals surface area contributed by atoms with Crippen LogP contribution in [-0.4, -0.2) is 12.9 Å². The number of thioether (sulfide) groups is 1. The Kier molecular flexibility index (Phi) is 8.16. The van der Waals surface area contributed by atoms with Gasteiger partial charge in [-0.2, -0.15) is 0 Å². The second-order valence-corrected chi connectivity index (χ2v) is 8.15.